The molecule has 190 valence electrons. The first-order chi connectivity index (χ1) is 17.5. The van der Waals surface area contributed by atoms with Crippen LogP contribution in [0.5, 0.6) is 5.75 Å². The number of anilines is 1. The van der Waals surface area contributed by atoms with Crippen molar-refractivity contribution in [2.24, 2.45) is 0 Å². The molecule has 0 spiro atoms. The Bertz CT molecular complexity index is 1160. The van der Waals surface area contributed by atoms with Gasteiger partial charge in [-0.15, -0.1) is 0 Å². The van der Waals surface area contributed by atoms with Crippen LogP contribution in [0.2, 0.25) is 0 Å². The van der Waals surface area contributed by atoms with Crippen molar-refractivity contribution in [3.05, 3.63) is 59.9 Å². The molecule has 9 heteroatoms. The third-order valence-corrected chi connectivity index (χ3v) is 6.20. The number of hydrogen-bond acceptors (Lipinski definition) is 8. The molecule has 3 aromatic rings. The summed E-state index contributed by atoms with van der Waals surface area (Å²) in [4.78, 5) is 31.2. The van der Waals surface area contributed by atoms with E-state index in [4.69, 9.17) is 14.5 Å². The molecule has 0 bridgehead atoms. The van der Waals surface area contributed by atoms with Crippen LogP contribution in [-0.4, -0.2) is 45.7 Å². The molecular weight excluding hydrogens is 461 g/mol. The lowest BCUT2D eigenvalue weighted by molar-refractivity contribution is -0.143. The van der Waals surface area contributed by atoms with E-state index in [1.54, 1.807) is 19.2 Å². The minimum atomic E-state index is -0.573. The summed E-state index contributed by atoms with van der Waals surface area (Å²) in [5.41, 5.74) is 2.71. The third-order valence-electron chi connectivity index (χ3n) is 6.20. The minimum absolute atomic E-state index is 0.0620. The van der Waals surface area contributed by atoms with Crippen LogP contribution in [0, 0.1) is 5.95 Å². The van der Waals surface area contributed by atoms with Crippen molar-refractivity contribution < 1.29 is 18.7 Å². The number of fused-ring (bicyclic) bond motifs is 1. The highest BCUT2D eigenvalue weighted by atomic mass is 19.1. The number of halogens is 1. The summed E-state index contributed by atoms with van der Waals surface area (Å²) in [6.07, 6.45) is 8.18. The molecular formula is C27H32FN5O3. The molecule has 1 unspecified atom stereocenters. The fourth-order valence-electron chi connectivity index (χ4n) is 4.33. The SMILES string of the molecule is CCOC(=O)CCCCCCOc1cc(F)nc(N2CCc3nc(-c4ccccn4)ncc3C2C)c1. The molecule has 0 fully saturated rings. The average Bonchev–Trinajstić information content (AvgIpc) is 2.88. The molecule has 8 nitrogen and oxygen atoms in total. The Morgan fingerprint density at radius 2 is 2.00 bits per heavy atom. The molecule has 0 amide bonds. The third kappa shape index (κ3) is 6.53. The van der Waals surface area contributed by atoms with Crippen LogP contribution >= 0.6 is 0 Å². The lowest BCUT2D eigenvalue weighted by Gasteiger charge is -2.35. The number of carbonyl (C=O) groups excluding carboxylic acids is 1. The van der Waals surface area contributed by atoms with Gasteiger partial charge in [-0.3, -0.25) is 9.78 Å². The summed E-state index contributed by atoms with van der Waals surface area (Å²) in [5.74, 6) is 0.880. The molecule has 4 rings (SSSR count). The zero-order chi connectivity index (χ0) is 25.3. The lowest BCUT2D eigenvalue weighted by Crippen LogP contribution is -2.35. The quantitative estimate of drug-likeness (QED) is 0.207. The van der Waals surface area contributed by atoms with Gasteiger partial charge in [0.1, 0.15) is 17.3 Å². The number of rotatable bonds is 11. The van der Waals surface area contributed by atoms with Crippen LogP contribution in [0.25, 0.3) is 11.5 Å². The van der Waals surface area contributed by atoms with Gasteiger partial charge < -0.3 is 14.4 Å². The number of pyridine rings is 2. The van der Waals surface area contributed by atoms with Gasteiger partial charge >= 0.3 is 5.97 Å². The monoisotopic (exact) mass is 493 g/mol. The molecule has 3 aromatic heterocycles. The van der Waals surface area contributed by atoms with Crippen molar-refractivity contribution in [3.63, 3.8) is 0 Å². The Kier molecular flexibility index (Phi) is 8.76. The molecule has 1 aliphatic heterocycles. The van der Waals surface area contributed by atoms with Crippen LogP contribution in [0.4, 0.5) is 10.2 Å². The average molecular weight is 494 g/mol. The van der Waals surface area contributed by atoms with Crippen LogP contribution in [0.3, 0.4) is 0 Å². The van der Waals surface area contributed by atoms with Crippen LogP contribution in [-0.2, 0) is 16.0 Å². The molecule has 0 saturated heterocycles. The van der Waals surface area contributed by atoms with Gasteiger partial charge in [-0.05, 0) is 38.8 Å². The van der Waals surface area contributed by atoms with Crippen molar-refractivity contribution in [1.29, 1.82) is 0 Å². The fraction of sp³-hybridized carbons (Fsp3) is 0.444. The van der Waals surface area contributed by atoms with E-state index < -0.39 is 5.95 Å². The number of aromatic nitrogens is 4. The second-order valence-corrected chi connectivity index (χ2v) is 8.73. The van der Waals surface area contributed by atoms with E-state index in [0.717, 1.165) is 42.6 Å². The predicted octanol–water partition coefficient (Wildman–Crippen LogP) is 5.09. The molecule has 36 heavy (non-hydrogen) atoms. The molecule has 4 heterocycles. The topological polar surface area (TPSA) is 90.3 Å². The molecule has 0 N–H and O–H groups in total. The first kappa shape index (κ1) is 25.5. The number of ether oxygens (including phenoxy) is 2. The number of nitrogens with zero attached hydrogens (tertiary/aromatic N) is 5. The van der Waals surface area contributed by atoms with E-state index in [1.165, 1.54) is 6.07 Å². The van der Waals surface area contributed by atoms with Gasteiger partial charge in [0, 0.05) is 49.5 Å². The van der Waals surface area contributed by atoms with Gasteiger partial charge in [0.25, 0.3) is 0 Å². The fourth-order valence-corrected chi connectivity index (χ4v) is 4.33. The van der Waals surface area contributed by atoms with Gasteiger partial charge in [0.15, 0.2) is 5.82 Å². The standard InChI is InChI=1S/C27H32FN5O3/c1-3-35-26(34)11-6-4-5-9-15-36-20-16-24(28)32-25(17-20)33-14-12-22-21(19(33)2)18-30-27(31-22)23-10-7-8-13-29-23/h7-8,10,13,16-19H,3-6,9,11-12,14-15H2,1-2H3. The summed E-state index contributed by atoms with van der Waals surface area (Å²) >= 11 is 0. The van der Waals surface area contributed by atoms with Crippen molar-refractivity contribution in [3.8, 4) is 17.3 Å². The van der Waals surface area contributed by atoms with Gasteiger partial charge in [0.05, 0.1) is 24.9 Å². The first-order valence-corrected chi connectivity index (χ1v) is 12.5. The molecule has 1 aliphatic rings. The molecule has 0 radical (unpaired) electrons. The largest absolute Gasteiger partial charge is 0.493 e. The molecule has 0 saturated carbocycles. The predicted molar refractivity (Wildman–Crippen MR) is 134 cm³/mol. The van der Waals surface area contributed by atoms with E-state index in [1.807, 2.05) is 31.3 Å². The normalized spacial score (nSPS) is 14.9. The van der Waals surface area contributed by atoms with Gasteiger partial charge in [-0.2, -0.15) is 4.39 Å². The summed E-state index contributed by atoms with van der Waals surface area (Å²) < 4.78 is 25.1. The minimum Gasteiger partial charge on any atom is -0.493 e. The highest BCUT2D eigenvalue weighted by Gasteiger charge is 2.27. The van der Waals surface area contributed by atoms with E-state index in [9.17, 15) is 9.18 Å². The lowest BCUT2D eigenvalue weighted by atomic mass is 9.99. The zero-order valence-electron chi connectivity index (χ0n) is 20.8. The number of carbonyl (C=O) groups is 1. The molecule has 0 aromatic carbocycles. The van der Waals surface area contributed by atoms with Gasteiger partial charge in [-0.25, -0.2) is 15.0 Å². The summed E-state index contributed by atoms with van der Waals surface area (Å²) in [6, 6.07) is 8.70. The van der Waals surface area contributed by atoms with Gasteiger partial charge in [0.2, 0.25) is 5.95 Å². The van der Waals surface area contributed by atoms with E-state index in [2.05, 4.69) is 19.9 Å². The number of hydrogen-bond donors (Lipinski definition) is 0. The maximum Gasteiger partial charge on any atom is 0.305 e. The Morgan fingerprint density at radius 3 is 2.81 bits per heavy atom. The van der Waals surface area contributed by atoms with E-state index >= 15 is 0 Å². The van der Waals surface area contributed by atoms with Crippen LogP contribution < -0.4 is 9.64 Å². The maximum atomic E-state index is 14.4. The van der Waals surface area contributed by atoms with Gasteiger partial charge in [-0.1, -0.05) is 18.9 Å². The first-order valence-electron chi connectivity index (χ1n) is 12.5. The van der Waals surface area contributed by atoms with E-state index in [0.29, 0.717) is 50.0 Å². The summed E-state index contributed by atoms with van der Waals surface area (Å²) in [5, 5.41) is 0. The van der Waals surface area contributed by atoms with Crippen LogP contribution in [0.15, 0.2) is 42.7 Å². The maximum absolute atomic E-state index is 14.4. The Hall–Kier alpha value is -3.62. The Morgan fingerprint density at radius 1 is 1.14 bits per heavy atom. The summed E-state index contributed by atoms with van der Waals surface area (Å²) in [7, 11) is 0. The second kappa shape index (κ2) is 12.4. The van der Waals surface area contributed by atoms with Crippen molar-refractivity contribution >= 4 is 11.8 Å². The van der Waals surface area contributed by atoms with Crippen LogP contribution in [0.1, 0.15) is 63.3 Å². The van der Waals surface area contributed by atoms with Crippen molar-refractivity contribution in [2.75, 3.05) is 24.7 Å². The summed E-state index contributed by atoms with van der Waals surface area (Å²) in [6.45, 7) is 5.40. The highest BCUT2D eigenvalue weighted by molar-refractivity contribution is 5.69. The second-order valence-electron chi connectivity index (χ2n) is 8.73. The Balaban J connectivity index is 1.34. The zero-order valence-corrected chi connectivity index (χ0v) is 20.8. The smallest absolute Gasteiger partial charge is 0.305 e. The molecule has 1 atom stereocenters. The molecule has 0 aliphatic carbocycles. The number of esters is 1. The van der Waals surface area contributed by atoms with Crippen molar-refractivity contribution in [2.45, 2.75) is 58.4 Å². The van der Waals surface area contributed by atoms with Crippen molar-refractivity contribution in [1.82, 2.24) is 19.9 Å². The van der Waals surface area contributed by atoms with E-state index in [-0.39, 0.29) is 12.0 Å². The number of unbranched alkanes of at least 4 members (excludes halogenated alkanes) is 3. The highest BCUT2D eigenvalue weighted by Crippen LogP contribution is 2.33. The Labute approximate surface area is 210 Å².